The van der Waals surface area contributed by atoms with Crippen LogP contribution in [0.2, 0.25) is 0 Å². The van der Waals surface area contributed by atoms with Crippen LogP contribution < -0.4 is 0 Å². The van der Waals surface area contributed by atoms with Crippen LogP contribution in [0.25, 0.3) is 0 Å². The van der Waals surface area contributed by atoms with Crippen LogP contribution in [-0.4, -0.2) is 72.9 Å². The highest BCUT2D eigenvalue weighted by Crippen LogP contribution is 2.39. The Morgan fingerprint density at radius 2 is 1.18 bits per heavy atom. The first-order chi connectivity index (χ1) is 28.7. The van der Waals surface area contributed by atoms with E-state index in [0.717, 1.165) is 92.9 Å². The van der Waals surface area contributed by atoms with Crippen molar-refractivity contribution in [1.29, 1.82) is 0 Å². The summed E-state index contributed by atoms with van der Waals surface area (Å²) >= 11 is 0. The summed E-state index contributed by atoms with van der Waals surface area (Å²) in [5, 5.41) is 17.3. The van der Waals surface area contributed by atoms with E-state index in [-0.39, 0.29) is 42.9 Å². The van der Waals surface area contributed by atoms with Crippen molar-refractivity contribution in [2.75, 3.05) is 19.7 Å². The summed E-state index contributed by atoms with van der Waals surface area (Å²) in [6.45, 7) is 5.27. The Balaban J connectivity index is 0.000000146. The van der Waals surface area contributed by atoms with E-state index < -0.39 is 11.9 Å². The molecule has 0 bridgehead atoms. The van der Waals surface area contributed by atoms with Crippen LogP contribution >= 0.6 is 12.4 Å². The fraction of sp³-hybridized carbons (Fsp3) is 0.542. The molecule has 4 aromatic rings. The zero-order valence-electron chi connectivity index (χ0n) is 35.3. The quantitative estimate of drug-likeness (QED) is 0.133. The molecule has 0 radical (unpaired) electrons. The molecule has 11 nitrogen and oxygen atoms in total. The van der Waals surface area contributed by atoms with Gasteiger partial charge in [-0.25, -0.2) is 4.79 Å². The van der Waals surface area contributed by atoms with Crippen LogP contribution in [0.5, 0.6) is 0 Å². The number of likely N-dealkylation sites (tertiary alicyclic amines) is 1. The van der Waals surface area contributed by atoms with Gasteiger partial charge in [0, 0.05) is 42.5 Å². The lowest BCUT2D eigenvalue weighted by atomic mass is 9.76. The second kappa shape index (κ2) is 19.3. The van der Waals surface area contributed by atoms with Crippen LogP contribution in [0.15, 0.2) is 36.4 Å². The van der Waals surface area contributed by atoms with E-state index in [1.54, 1.807) is 40.8 Å². The minimum Gasteiger partial charge on any atom is -0.480 e. The number of ketones is 1. The minimum absolute atomic E-state index is 0. The summed E-state index contributed by atoms with van der Waals surface area (Å²) in [5.41, 5.74) is 14.4. The van der Waals surface area contributed by atoms with Gasteiger partial charge >= 0.3 is 11.9 Å². The van der Waals surface area contributed by atoms with Crippen LogP contribution in [0.3, 0.4) is 0 Å². The van der Waals surface area contributed by atoms with E-state index in [4.69, 9.17) is 9.84 Å². The average Bonchev–Trinajstić information content (AvgIpc) is 4.01. The molecule has 6 aliphatic rings. The predicted molar refractivity (Wildman–Crippen MR) is 231 cm³/mol. The Morgan fingerprint density at radius 1 is 0.650 bits per heavy atom. The van der Waals surface area contributed by atoms with Crippen molar-refractivity contribution in [3.63, 3.8) is 0 Å². The van der Waals surface area contributed by atoms with E-state index >= 15 is 0 Å². The molecule has 2 fully saturated rings. The number of amides is 1. The maximum Gasteiger partial charge on any atom is 0.359 e. The van der Waals surface area contributed by atoms with Gasteiger partial charge in [0.25, 0.3) is 0 Å². The van der Waals surface area contributed by atoms with E-state index in [1.807, 2.05) is 4.90 Å². The molecule has 1 N–H and O–H groups in total. The number of aliphatic carboxylic acids is 1. The molecule has 2 aromatic heterocycles. The summed E-state index contributed by atoms with van der Waals surface area (Å²) in [7, 11) is 0. The fourth-order valence-corrected chi connectivity index (χ4v) is 10.5. The minimum atomic E-state index is -0.961. The molecule has 10 rings (SSSR count). The number of carbonyl (C=O) groups is 4. The SMILES string of the molecule is CC(=O)c1nn(CC(=O)N2CCC(c3cccc4c3CC4)CC2)c2c1CCC2.CCOC(=O)c1nn(CC(=O)O)c2c1CCC2.Cl.c1cc2c(c(C3CCCCC3)c1)CC2. The summed E-state index contributed by atoms with van der Waals surface area (Å²) in [5.74, 6) is 0.195. The van der Waals surface area contributed by atoms with Crippen LogP contribution in [-0.2, 0) is 78.8 Å². The van der Waals surface area contributed by atoms with Gasteiger partial charge in [-0.1, -0.05) is 55.7 Å². The lowest BCUT2D eigenvalue weighted by Crippen LogP contribution is -2.40. The number of ether oxygens (including phenoxy) is 1. The maximum atomic E-state index is 12.9. The van der Waals surface area contributed by atoms with Gasteiger partial charge < -0.3 is 14.7 Å². The van der Waals surface area contributed by atoms with Crippen molar-refractivity contribution in [3.8, 4) is 0 Å². The molecule has 1 amide bonds. The fourth-order valence-electron chi connectivity index (χ4n) is 10.5. The molecule has 1 aliphatic heterocycles. The molecule has 5 aliphatic carbocycles. The first-order valence-electron chi connectivity index (χ1n) is 22.3. The van der Waals surface area contributed by atoms with Gasteiger partial charge in [0.15, 0.2) is 11.5 Å². The lowest BCUT2D eigenvalue weighted by molar-refractivity contribution is -0.138. The molecule has 0 atom stereocenters. The third-order valence-electron chi connectivity index (χ3n) is 13.6. The lowest BCUT2D eigenvalue weighted by Gasteiger charge is -2.35. The molecule has 0 spiro atoms. The number of hydrogen-bond acceptors (Lipinski definition) is 7. The molecule has 1 saturated heterocycles. The number of Topliss-reactive ketones (excluding diaryl/α,β-unsaturated/α-hetero) is 1. The molecule has 3 heterocycles. The second-order valence-corrected chi connectivity index (χ2v) is 17.2. The number of nitrogens with zero attached hydrogens (tertiary/aromatic N) is 5. The molecule has 1 saturated carbocycles. The van der Waals surface area contributed by atoms with E-state index in [1.165, 1.54) is 73.6 Å². The summed E-state index contributed by atoms with van der Waals surface area (Å²) in [4.78, 5) is 49.1. The van der Waals surface area contributed by atoms with Crippen molar-refractivity contribution in [2.45, 2.75) is 148 Å². The van der Waals surface area contributed by atoms with Gasteiger partial charge in [-0.05, 0) is 142 Å². The number of aromatic nitrogens is 4. The predicted octanol–water partition coefficient (Wildman–Crippen LogP) is 7.97. The van der Waals surface area contributed by atoms with E-state index in [2.05, 4.69) is 46.6 Å². The largest absolute Gasteiger partial charge is 0.480 e. The van der Waals surface area contributed by atoms with Gasteiger partial charge in [-0.2, -0.15) is 10.2 Å². The number of benzene rings is 2. The van der Waals surface area contributed by atoms with Gasteiger partial charge in [0.2, 0.25) is 5.91 Å². The average molecular weight is 838 g/mol. The zero-order chi connectivity index (χ0) is 41.0. The highest BCUT2D eigenvalue weighted by atomic mass is 35.5. The maximum absolute atomic E-state index is 12.9. The number of carboxylic acids is 1. The number of halogens is 1. The third-order valence-corrected chi connectivity index (χ3v) is 13.6. The van der Waals surface area contributed by atoms with Gasteiger partial charge in [-0.3, -0.25) is 23.7 Å². The third kappa shape index (κ3) is 9.11. The monoisotopic (exact) mass is 837 g/mol. The summed E-state index contributed by atoms with van der Waals surface area (Å²) < 4.78 is 8.11. The van der Waals surface area contributed by atoms with Crippen LogP contribution in [0.4, 0.5) is 0 Å². The van der Waals surface area contributed by atoms with Crippen molar-refractivity contribution < 1.29 is 29.0 Å². The highest BCUT2D eigenvalue weighted by molar-refractivity contribution is 5.94. The van der Waals surface area contributed by atoms with Gasteiger partial charge in [-0.15, -0.1) is 12.4 Å². The van der Waals surface area contributed by atoms with Gasteiger partial charge in [0.1, 0.15) is 18.8 Å². The number of esters is 1. The molecule has 2 aromatic carbocycles. The van der Waals surface area contributed by atoms with E-state index in [9.17, 15) is 19.2 Å². The Bertz CT molecular complexity index is 2230. The topological polar surface area (TPSA) is 137 Å². The van der Waals surface area contributed by atoms with E-state index in [0.29, 0.717) is 18.2 Å². The Hall–Kier alpha value is -4.77. The number of hydrogen-bond donors (Lipinski definition) is 1. The number of rotatable bonds is 9. The number of aryl methyl sites for hydroxylation is 2. The smallest absolute Gasteiger partial charge is 0.359 e. The zero-order valence-corrected chi connectivity index (χ0v) is 36.1. The summed E-state index contributed by atoms with van der Waals surface area (Å²) in [6, 6.07) is 13.7. The molecular weight excluding hydrogens is 778 g/mol. The van der Waals surface area contributed by atoms with Crippen LogP contribution in [0, 0.1) is 0 Å². The first-order valence-corrected chi connectivity index (χ1v) is 22.3. The van der Waals surface area contributed by atoms with Gasteiger partial charge in [0.05, 0.1) is 6.61 Å². The second-order valence-electron chi connectivity index (χ2n) is 17.2. The molecule has 12 heteroatoms. The number of carboxylic acid groups (broad SMARTS) is 1. The first kappa shape index (κ1) is 43.3. The molecule has 320 valence electrons. The Morgan fingerprint density at radius 3 is 1.70 bits per heavy atom. The standard InChI is InChI=1S/C23H27N3O2.C14H18.C11H14N2O4.ClH/c1-15(27)23-20-6-3-7-21(20)26(24-23)14-22(28)25-12-10-17(11-13-25)18-5-2-4-16-8-9-19(16)18;1-2-5-11(6-3-1)13-8-4-7-12-9-10-14(12)13;1-2-17-11(16)10-7-4-3-5-8(7)13(12-10)6-9(14)15;/h2,4-5,17H,3,6-14H2,1H3;4,7-8,11H,1-3,5-6,9-10H2;2-6H2,1H3,(H,14,15);1H. The number of piperidine rings is 1. The van der Waals surface area contributed by atoms with Crippen molar-refractivity contribution in [3.05, 3.63) is 104 Å². The van der Waals surface area contributed by atoms with Crippen molar-refractivity contribution >= 4 is 36.0 Å². The number of fused-ring (bicyclic) bond motifs is 4. The molecule has 60 heavy (non-hydrogen) atoms. The molecular formula is C48H60ClN5O6. The van der Waals surface area contributed by atoms with Crippen molar-refractivity contribution in [2.24, 2.45) is 0 Å². The Labute approximate surface area is 359 Å². The Kier molecular flexibility index (Phi) is 13.9. The normalized spacial score (nSPS) is 17.5. The summed E-state index contributed by atoms with van der Waals surface area (Å²) in [6.07, 6.45) is 19.8. The molecule has 0 unspecified atom stereocenters. The van der Waals surface area contributed by atoms with Crippen molar-refractivity contribution in [1.82, 2.24) is 24.5 Å². The highest BCUT2D eigenvalue weighted by Gasteiger charge is 2.31. The van der Waals surface area contributed by atoms with Crippen LogP contribution in [0.1, 0.15) is 160 Å². The number of carbonyl (C=O) groups excluding carboxylic acids is 3.